The maximum absolute atomic E-state index is 3.40. The van der Waals surface area contributed by atoms with E-state index in [0.717, 1.165) is 0 Å². The summed E-state index contributed by atoms with van der Waals surface area (Å²) in [4.78, 5) is 0. The lowest BCUT2D eigenvalue weighted by atomic mass is 10.1. The van der Waals surface area contributed by atoms with Crippen molar-refractivity contribution in [2.75, 3.05) is 5.32 Å². The highest BCUT2D eigenvalue weighted by atomic mass is 14.8. The summed E-state index contributed by atoms with van der Waals surface area (Å²) in [6, 6.07) is 15.1. The van der Waals surface area contributed by atoms with Crippen LogP contribution in [-0.4, -0.2) is 0 Å². The van der Waals surface area contributed by atoms with Gasteiger partial charge >= 0.3 is 0 Å². The third kappa shape index (κ3) is 3.47. The Morgan fingerprint density at radius 2 is 1.53 bits per heavy atom. The minimum absolute atomic E-state index is 1.17. The van der Waals surface area contributed by atoms with Crippen molar-refractivity contribution in [3.8, 4) is 0 Å². The standard InChI is InChI=1S/C18H21N/c1-13-6-9-17(10-7-13)16(4)12-19-18-11-14(2)5-8-15(18)3/h5-12,19H,1-4H3/b16-12+. The van der Waals surface area contributed by atoms with Crippen LogP contribution >= 0.6 is 0 Å². The van der Waals surface area contributed by atoms with E-state index < -0.39 is 0 Å². The molecule has 0 unspecified atom stereocenters. The zero-order valence-electron chi connectivity index (χ0n) is 12.1. The maximum atomic E-state index is 3.40. The molecule has 2 rings (SSSR count). The number of aryl methyl sites for hydroxylation is 3. The summed E-state index contributed by atoms with van der Waals surface area (Å²) in [7, 11) is 0. The van der Waals surface area contributed by atoms with Crippen molar-refractivity contribution in [1.82, 2.24) is 0 Å². The molecule has 98 valence electrons. The Kier molecular flexibility index (Phi) is 4.06. The third-order valence-electron chi connectivity index (χ3n) is 3.34. The largest absolute Gasteiger partial charge is 0.361 e. The van der Waals surface area contributed by atoms with E-state index in [2.05, 4.69) is 81.7 Å². The highest BCUT2D eigenvalue weighted by Crippen LogP contribution is 2.19. The van der Waals surface area contributed by atoms with Gasteiger partial charge < -0.3 is 5.32 Å². The fourth-order valence-electron chi connectivity index (χ4n) is 1.98. The molecule has 0 aliphatic carbocycles. The molecule has 0 bridgehead atoms. The molecule has 0 spiro atoms. The van der Waals surface area contributed by atoms with Crippen molar-refractivity contribution in [2.24, 2.45) is 0 Å². The first-order valence-corrected chi connectivity index (χ1v) is 6.64. The number of anilines is 1. The molecular weight excluding hydrogens is 230 g/mol. The van der Waals surface area contributed by atoms with E-state index in [9.17, 15) is 0 Å². The van der Waals surface area contributed by atoms with Crippen molar-refractivity contribution in [3.63, 3.8) is 0 Å². The van der Waals surface area contributed by atoms with Crippen molar-refractivity contribution < 1.29 is 0 Å². The maximum Gasteiger partial charge on any atom is 0.0412 e. The van der Waals surface area contributed by atoms with Crippen molar-refractivity contribution in [3.05, 3.63) is 70.9 Å². The second-order valence-corrected chi connectivity index (χ2v) is 5.16. The van der Waals surface area contributed by atoms with Gasteiger partial charge in [0.25, 0.3) is 0 Å². The number of hydrogen-bond donors (Lipinski definition) is 1. The van der Waals surface area contributed by atoms with Crippen LogP contribution in [0, 0.1) is 20.8 Å². The molecule has 0 radical (unpaired) electrons. The lowest BCUT2D eigenvalue weighted by molar-refractivity contribution is 1.37. The molecule has 1 nitrogen and oxygen atoms in total. The lowest BCUT2D eigenvalue weighted by Crippen LogP contribution is -1.93. The zero-order valence-corrected chi connectivity index (χ0v) is 12.1. The SMILES string of the molecule is C/C(=C\Nc1cc(C)ccc1C)c1ccc(C)cc1. The predicted octanol–water partition coefficient (Wildman–Crippen LogP) is 5.08. The highest BCUT2D eigenvalue weighted by molar-refractivity contribution is 5.67. The first-order valence-electron chi connectivity index (χ1n) is 6.64. The Bertz CT molecular complexity index is 592. The molecule has 0 heterocycles. The minimum Gasteiger partial charge on any atom is -0.361 e. The molecule has 0 atom stereocenters. The summed E-state index contributed by atoms with van der Waals surface area (Å²) in [5, 5.41) is 3.40. The Hall–Kier alpha value is -2.02. The van der Waals surface area contributed by atoms with Crippen LogP contribution in [0.4, 0.5) is 5.69 Å². The Balaban J connectivity index is 2.18. The summed E-state index contributed by atoms with van der Waals surface area (Å²) >= 11 is 0. The minimum atomic E-state index is 1.17. The van der Waals surface area contributed by atoms with Gasteiger partial charge in [-0.25, -0.2) is 0 Å². The number of allylic oxidation sites excluding steroid dienone is 1. The second kappa shape index (κ2) is 5.75. The summed E-state index contributed by atoms with van der Waals surface area (Å²) in [6.07, 6.45) is 2.08. The van der Waals surface area contributed by atoms with Gasteiger partial charge in [0, 0.05) is 11.9 Å². The van der Waals surface area contributed by atoms with E-state index in [1.165, 1.54) is 33.5 Å². The van der Waals surface area contributed by atoms with Gasteiger partial charge in [-0.3, -0.25) is 0 Å². The fourth-order valence-corrected chi connectivity index (χ4v) is 1.98. The molecule has 2 aromatic rings. The van der Waals surface area contributed by atoms with Crippen LogP contribution in [0.15, 0.2) is 48.7 Å². The van der Waals surface area contributed by atoms with Gasteiger partial charge in [-0.1, -0.05) is 42.0 Å². The summed E-state index contributed by atoms with van der Waals surface area (Å²) < 4.78 is 0. The molecule has 1 heteroatoms. The molecule has 0 aromatic heterocycles. The Morgan fingerprint density at radius 3 is 2.21 bits per heavy atom. The van der Waals surface area contributed by atoms with E-state index in [4.69, 9.17) is 0 Å². The Morgan fingerprint density at radius 1 is 0.895 bits per heavy atom. The molecule has 1 N–H and O–H groups in total. The highest BCUT2D eigenvalue weighted by Gasteiger charge is 1.98. The molecule has 0 saturated heterocycles. The van der Waals surface area contributed by atoms with Crippen molar-refractivity contribution >= 4 is 11.3 Å². The molecule has 0 saturated carbocycles. The number of nitrogens with one attached hydrogen (secondary N) is 1. The van der Waals surface area contributed by atoms with E-state index in [-0.39, 0.29) is 0 Å². The monoisotopic (exact) mass is 251 g/mol. The number of hydrogen-bond acceptors (Lipinski definition) is 1. The van der Waals surface area contributed by atoms with Crippen LogP contribution in [0.2, 0.25) is 0 Å². The average Bonchev–Trinajstić information content (AvgIpc) is 2.40. The molecular formula is C18H21N. The Labute approximate surface area is 116 Å². The van der Waals surface area contributed by atoms with Gasteiger partial charge in [-0.05, 0) is 56.0 Å². The smallest absolute Gasteiger partial charge is 0.0412 e. The van der Waals surface area contributed by atoms with Crippen LogP contribution in [0.1, 0.15) is 29.2 Å². The van der Waals surface area contributed by atoms with E-state index in [1.54, 1.807) is 0 Å². The van der Waals surface area contributed by atoms with Crippen LogP contribution in [0.5, 0.6) is 0 Å². The van der Waals surface area contributed by atoms with Gasteiger partial charge in [0.1, 0.15) is 0 Å². The quantitative estimate of drug-likeness (QED) is 0.801. The number of rotatable bonds is 3. The first-order chi connectivity index (χ1) is 9.06. The molecule has 19 heavy (non-hydrogen) atoms. The fraction of sp³-hybridized carbons (Fsp3) is 0.222. The first kappa shape index (κ1) is 13.4. The van der Waals surface area contributed by atoms with Crippen molar-refractivity contribution in [2.45, 2.75) is 27.7 Å². The van der Waals surface area contributed by atoms with Crippen LogP contribution < -0.4 is 5.32 Å². The van der Waals surface area contributed by atoms with Gasteiger partial charge in [0.2, 0.25) is 0 Å². The summed E-state index contributed by atoms with van der Waals surface area (Å²) in [6.45, 7) is 8.47. The normalized spacial score (nSPS) is 11.5. The molecule has 0 aliphatic heterocycles. The van der Waals surface area contributed by atoms with Gasteiger partial charge in [0.05, 0.1) is 0 Å². The van der Waals surface area contributed by atoms with Crippen LogP contribution in [-0.2, 0) is 0 Å². The van der Waals surface area contributed by atoms with E-state index in [0.29, 0.717) is 0 Å². The van der Waals surface area contributed by atoms with Gasteiger partial charge in [0.15, 0.2) is 0 Å². The summed E-state index contributed by atoms with van der Waals surface area (Å²) in [5.74, 6) is 0. The van der Waals surface area contributed by atoms with Gasteiger partial charge in [-0.2, -0.15) is 0 Å². The molecule has 2 aromatic carbocycles. The zero-order chi connectivity index (χ0) is 13.8. The van der Waals surface area contributed by atoms with Crippen molar-refractivity contribution in [1.29, 1.82) is 0 Å². The van der Waals surface area contributed by atoms with Gasteiger partial charge in [-0.15, -0.1) is 0 Å². The lowest BCUT2D eigenvalue weighted by Gasteiger charge is -2.08. The van der Waals surface area contributed by atoms with Crippen LogP contribution in [0.3, 0.4) is 0 Å². The topological polar surface area (TPSA) is 12.0 Å². The average molecular weight is 251 g/mol. The van der Waals surface area contributed by atoms with E-state index in [1.807, 2.05) is 0 Å². The molecule has 0 fully saturated rings. The predicted molar refractivity (Wildman–Crippen MR) is 84.4 cm³/mol. The second-order valence-electron chi connectivity index (χ2n) is 5.16. The molecule has 0 amide bonds. The molecule has 0 aliphatic rings. The number of benzene rings is 2. The third-order valence-corrected chi connectivity index (χ3v) is 3.34. The van der Waals surface area contributed by atoms with Crippen LogP contribution in [0.25, 0.3) is 5.57 Å². The van der Waals surface area contributed by atoms with E-state index >= 15 is 0 Å². The summed E-state index contributed by atoms with van der Waals surface area (Å²) in [5.41, 5.74) is 7.49.